The minimum Gasteiger partial charge on any atom is -0.338 e. The summed E-state index contributed by atoms with van der Waals surface area (Å²) < 4.78 is 19.0. The summed E-state index contributed by atoms with van der Waals surface area (Å²) in [5.41, 5.74) is 1.80. The summed E-state index contributed by atoms with van der Waals surface area (Å²) >= 11 is 0. The molecule has 6 heteroatoms. The molecule has 29 heavy (non-hydrogen) atoms. The average molecular weight is 394 g/mol. The van der Waals surface area contributed by atoms with E-state index in [1.54, 1.807) is 18.2 Å². The summed E-state index contributed by atoms with van der Waals surface area (Å²) in [7, 11) is 0. The molecule has 1 N–H and O–H groups in total. The highest BCUT2D eigenvalue weighted by Gasteiger charge is 2.19. The van der Waals surface area contributed by atoms with E-state index in [-0.39, 0.29) is 11.6 Å². The van der Waals surface area contributed by atoms with E-state index in [9.17, 15) is 4.39 Å². The third-order valence-electron chi connectivity index (χ3n) is 5.54. The molecular weight excluding hydrogens is 367 g/mol. The Morgan fingerprint density at radius 3 is 2.59 bits per heavy atom. The van der Waals surface area contributed by atoms with E-state index in [4.69, 9.17) is 4.52 Å². The van der Waals surface area contributed by atoms with Gasteiger partial charge in [-0.15, -0.1) is 0 Å². The maximum absolute atomic E-state index is 13.8. The molecule has 2 aromatic carbocycles. The van der Waals surface area contributed by atoms with E-state index in [2.05, 4.69) is 50.7 Å². The van der Waals surface area contributed by atoms with Gasteiger partial charge in [-0.3, -0.25) is 0 Å². The Kier molecular flexibility index (Phi) is 6.52. The van der Waals surface area contributed by atoms with Gasteiger partial charge in [0, 0.05) is 6.54 Å². The number of hydrogen-bond acceptors (Lipinski definition) is 5. The molecule has 1 aliphatic heterocycles. The number of benzene rings is 2. The highest BCUT2D eigenvalue weighted by Crippen LogP contribution is 2.22. The molecule has 4 rings (SSSR count). The molecule has 0 bridgehead atoms. The van der Waals surface area contributed by atoms with Crippen molar-refractivity contribution >= 4 is 6.01 Å². The Hall–Kier alpha value is -2.73. The van der Waals surface area contributed by atoms with Crippen molar-refractivity contribution in [2.24, 2.45) is 5.92 Å². The summed E-state index contributed by atoms with van der Waals surface area (Å²) in [6.45, 7) is 4.13. The molecule has 0 radical (unpaired) electrons. The van der Waals surface area contributed by atoms with Crippen LogP contribution < -0.4 is 5.32 Å². The van der Waals surface area contributed by atoms with Gasteiger partial charge < -0.3 is 14.7 Å². The molecule has 0 saturated carbocycles. The molecule has 1 fully saturated rings. The summed E-state index contributed by atoms with van der Waals surface area (Å²) in [4.78, 5) is 6.76. The van der Waals surface area contributed by atoms with Gasteiger partial charge in [-0.05, 0) is 68.9 Å². The van der Waals surface area contributed by atoms with E-state index in [0.29, 0.717) is 11.6 Å². The Morgan fingerprint density at radius 2 is 1.79 bits per heavy atom. The van der Waals surface area contributed by atoms with E-state index < -0.39 is 0 Å². The van der Waals surface area contributed by atoms with Crippen molar-refractivity contribution < 1.29 is 8.91 Å². The van der Waals surface area contributed by atoms with Crippen molar-refractivity contribution in [2.45, 2.75) is 25.7 Å². The molecule has 1 aliphatic rings. The Morgan fingerprint density at radius 1 is 1.03 bits per heavy atom. The van der Waals surface area contributed by atoms with Crippen molar-refractivity contribution in [3.8, 4) is 11.4 Å². The number of nitrogens with zero attached hydrogens (tertiary/aromatic N) is 3. The molecule has 1 saturated heterocycles. The number of nitrogens with one attached hydrogen (secondary N) is 1. The van der Waals surface area contributed by atoms with Crippen molar-refractivity contribution in [1.82, 2.24) is 15.0 Å². The molecule has 1 aromatic heterocycles. The highest BCUT2D eigenvalue weighted by molar-refractivity contribution is 5.56. The lowest BCUT2D eigenvalue weighted by Gasteiger charge is -2.32. The number of likely N-dealkylation sites (tertiary alicyclic amines) is 1. The van der Waals surface area contributed by atoms with Crippen molar-refractivity contribution in [1.29, 1.82) is 0 Å². The highest BCUT2D eigenvalue weighted by atomic mass is 19.1. The first-order valence-electron chi connectivity index (χ1n) is 10.4. The summed E-state index contributed by atoms with van der Waals surface area (Å²) in [6, 6.07) is 17.6. The Balaban J connectivity index is 1.15. The van der Waals surface area contributed by atoms with Crippen LogP contribution in [0.15, 0.2) is 59.1 Å². The first-order valence-corrected chi connectivity index (χ1v) is 10.4. The van der Waals surface area contributed by atoms with Crippen LogP contribution in [0.2, 0.25) is 0 Å². The predicted molar refractivity (Wildman–Crippen MR) is 112 cm³/mol. The molecule has 3 aromatic rings. The smallest absolute Gasteiger partial charge is 0.321 e. The van der Waals surface area contributed by atoms with Crippen LogP contribution in [0.4, 0.5) is 10.4 Å². The van der Waals surface area contributed by atoms with Gasteiger partial charge >= 0.3 is 6.01 Å². The van der Waals surface area contributed by atoms with Gasteiger partial charge in [0.15, 0.2) is 0 Å². The van der Waals surface area contributed by atoms with Crippen LogP contribution in [0.5, 0.6) is 0 Å². The lowest BCUT2D eigenvalue weighted by atomic mass is 9.90. The van der Waals surface area contributed by atoms with Crippen molar-refractivity contribution in [3.05, 3.63) is 66.0 Å². The van der Waals surface area contributed by atoms with Gasteiger partial charge in [-0.2, -0.15) is 4.98 Å². The standard InChI is InChI=1S/C23H27FN4O/c24-21-10-5-4-9-20(21)22-26-23(29-27-22)25-13-6-14-28-15-11-19(12-16-28)17-18-7-2-1-3-8-18/h1-5,7-10,19H,6,11-17H2,(H,25,26,27). The van der Waals surface area contributed by atoms with Crippen LogP contribution in [-0.4, -0.2) is 41.2 Å². The molecule has 2 heterocycles. The quantitative estimate of drug-likeness (QED) is 0.565. The molecule has 0 amide bonds. The second-order valence-electron chi connectivity index (χ2n) is 7.66. The van der Waals surface area contributed by atoms with Crippen molar-refractivity contribution in [3.63, 3.8) is 0 Å². The average Bonchev–Trinajstić information content (AvgIpc) is 3.22. The van der Waals surface area contributed by atoms with Crippen LogP contribution >= 0.6 is 0 Å². The van der Waals surface area contributed by atoms with Crippen molar-refractivity contribution in [2.75, 3.05) is 31.5 Å². The zero-order valence-corrected chi connectivity index (χ0v) is 16.6. The van der Waals surface area contributed by atoms with Gasteiger partial charge in [0.1, 0.15) is 5.82 Å². The van der Waals surface area contributed by atoms with Gasteiger partial charge in [-0.1, -0.05) is 47.6 Å². The topological polar surface area (TPSA) is 54.2 Å². The SMILES string of the molecule is Fc1ccccc1-c1noc(NCCCN2CCC(Cc3ccccc3)CC2)n1. The van der Waals surface area contributed by atoms with Gasteiger partial charge in [0.05, 0.1) is 5.56 Å². The monoisotopic (exact) mass is 394 g/mol. The largest absolute Gasteiger partial charge is 0.338 e. The molecule has 0 spiro atoms. The zero-order chi connectivity index (χ0) is 19.9. The Bertz CT molecular complexity index is 891. The van der Waals surface area contributed by atoms with Crippen LogP contribution in [0.1, 0.15) is 24.8 Å². The van der Waals surface area contributed by atoms with Gasteiger partial charge in [0.25, 0.3) is 0 Å². The number of aromatic nitrogens is 2. The molecule has 0 aliphatic carbocycles. The predicted octanol–water partition coefficient (Wildman–Crippen LogP) is 4.63. The third kappa shape index (κ3) is 5.41. The Labute approximate surface area is 170 Å². The van der Waals surface area contributed by atoms with Crippen LogP contribution in [0.25, 0.3) is 11.4 Å². The second kappa shape index (κ2) is 9.65. The molecule has 5 nitrogen and oxygen atoms in total. The third-order valence-corrected chi connectivity index (χ3v) is 5.54. The van der Waals surface area contributed by atoms with Crippen LogP contribution in [0.3, 0.4) is 0 Å². The maximum atomic E-state index is 13.8. The number of piperidine rings is 1. The molecule has 0 atom stereocenters. The summed E-state index contributed by atoms with van der Waals surface area (Å²) in [5.74, 6) is 0.712. The van der Waals surface area contributed by atoms with Gasteiger partial charge in [-0.25, -0.2) is 4.39 Å². The first-order chi connectivity index (χ1) is 14.3. The fraction of sp³-hybridized carbons (Fsp3) is 0.391. The second-order valence-corrected chi connectivity index (χ2v) is 7.66. The lowest BCUT2D eigenvalue weighted by Crippen LogP contribution is -2.35. The van der Waals surface area contributed by atoms with E-state index in [1.165, 1.54) is 30.9 Å². The summed E-state index contributed by atoms with van der Waals surface area (Å²) in [6.07, 6.45) is 4.72. The lowest BCUT2D eigenvalue weighted by molar-refractivity contribution is 0.183. The number of hydrogen-bond donors (Lipinski definition) is 1. The zero-order valence-electron chi connectivity index (χ0n) is 16.6. The minimum absolute atomic E-state index is 0.270. The molecule has 0 unspecified atom stereocenters. The first kappa shape index (κ1) is 19.6. The molecular formula is C23H27FN4O. The fourth-order valence-electron chi connectivity index (χ4n) is 3.91. The maximum Gasteiger partial charge on any atom is 0.321 e. The fourth-order valence-corrected chi connectivity index (χ4v) is 3.91. The minimum atomic E-state index is -0.351. The van der Waals surface area contributed by atoms with Gasteiger partial charge in [0.2, 0.25) is 5.82 Å². The normalized spacial score (nSPS) is 15.5. The number of anilines is 1. The van der Waals surface area contributed by atoms with Crippen LogP contribution in [0, 0.1) is 11.7 Å². The van der Waals surface area contributed by atoms with E-state index in [0.717, 1.165) is 38.5 Å². The summed E-state index contributed by atoms with van der Waals surface area (Å²) in [5, 5.41) is 7.01. The number of rotatable bonds is 8. The van der Waals surface area contributed by atoms with E-state index >= 15 is 0 Å². The van der Waals surface area contributed by atoms with Crippen LogP contribution in [-0.2, 0) is 6.42 Å². The molecule has 152 valence electrons. The number of halogens is 1. The van der Waals surface area contributed by atoms with E-state index in [1.807, 2.05) is 0 Å².